The zero-order valence-electron chi connectivity index (χ0n) is 22.3. The quantitative estimate of drug-likeness (QED) is 0.260. The highest BCUT2D eigenvalue weighted by molar-refractivity contribution is 5.46. The molecule has 0 aliphatic heterocycles. The lowest BCUT2D eigenvalue weighted by Gasteiger charge is -2.28. The van der Waals surface area contributed by atoms with E-state index in [-0.39, 0.29) is 0 Å². The molecule has 7 nitrogen and oxygen atoms in total. The molecule has 4 aromatic rings. The van der Waals surface area contributed by atoms with Crippen molar-refractivity contribution in [2.75, 3.05) is 41.6 Å². The molecule has 1 N–H and O–H groups in total. The van der Waals surface area contributed by atoms with Gasteiger partial charge in [0.2, 0.25) is 0 Å². The molecule has 0 radical (unpaired) electrons. The molecule has 4 rings (SSSR count). The molecule has 200 valence electrons. The minimum atomic E-state index is -1.52. The predicted molar refractivity (Wildman–Crippen MR) is 146 cm³/mol. The first-order chi connectivity index (χ1) is 18.5. The van der Waals surface area contributed by atoms with E-state index >= 15 is 0 Å². The van der Waals surface area contributed by atoms with Gasteiger partial charge in [0, 0.05) is 25.8 Å². The van der Waals surface area contributed by atoms with Crippen LogP contribution in [0.5, 0.6) is 17.2 Å². The van der Waals surface area contributed by atoms with Gasteiger partial charge in [0.1, 0.15) is 28.8 Å². The van der Waals surface area contributed by atoms with Crippen LogP contribution in [0, 0.1) is 0 Å². The van der Waals surface area contributed by atoms with Crippen LogP contribution in [0.4, 0.5) is 0 Å². The smallest absolute Gasteiger partial charge is 0.173 e. The normalized spacial score (nSPS) is 11.5. The van der Waals surface area contributed by atoms with Crippen molar-refractivity contribution in [3.05, 3.63) is 113 Å². The molecule has 0 amide bonds. The summed E-state index contributed by atoms with van der Waals surface area (Å²) in [5.74, 6) is 3.40. The van der Waals surface area contributed by atoms with E-state index in [1.165, 1.54) is 0 Å². The van der Waals surface area contributed by atoms with Gasteiger partial charge in [0.05, 0.1) is 34.5 Å². The van der Waals surface area contributed by atoms with Gasteiger partial charge in [0.25, 0.3) is 0 Å². The molecular weight excluding hydrogens is 482 g/mol. The van der Waals surface area contributed by atoms with E-state index in [1.54, 1.807) is 28.4 Å². The van der Waals surface area contributed by atoms with Gasteiger partial charge in [-0.25, -0.2) is 0 Å². The van der Waals surface area contributed by atoms with E-state index in [0.717, 1.165) is 17.1 Å². The first kappa shape index (κ1) is 27.3. The third-order valence-electron chi connectivity index (χ3n) is 6.61. The zero-order valence-corrected chi connectivity index (χ0v) is 22.3. The first-order valence-corrected chi connectivity index (χ1v) is 12.5. The zero-order chi connectivity index (χ0) is 27.0. The lowest BCUT2D eigenvalue weighted by atomic mass is 9.84. The largest absolute Gasteiger partial charge is 0.497 e. The number of methoxy groups -OCH3 is 4. The summed E-state index contributed by atoms with van der Waals surface area (Å²) in [5.41, 5.74) is 0.881. The Labute approximate surface area is 224 Å². The molecular formula is C31H35NO6. The van der Waals surface area contributed by atoms with Gasteiger partial charge in [0.15, 0.2) is 5.60 Å². The average Bonchev–Trinajstić information content (AvgIpc) is 3.45. The Bertz CT molecular complexity index is 1230. The lowest BCUT2D eigenvalue weighted by molar-refractivity contribution is 0.0931. The molecule has 1 heterocycles. The number of para-hydroxylation sites is 1. The number of furan rings is 1. The lowest BCUT2D eigenvalue weighted by Crippen LogP contribution is -2.28. The summed E-state index contributed by atoms with van der Waals surface area (Å²) in [4.78, 5) is 2.23. The van der Waals surface area contributed by atoms with Crippen molar-refractivity contribution in [2.24, 2.45) is 0 Å². The molecule has 3 aromatic carbocycles. The number of rotatable bonds is 13. The van der Waals surface area contributed by atoms with Crippen LogP contribution in [0.1, 0.15) is 28.2 Å². The van der Waals surface area contributed by atoms with Crippen LogP contribution < -0.4 is 14.2 Å². The monoisotopic (exact) mass is 517 g/mol. The summed E-state index contributed by atoms with van der Waals surface area (Å²) in [6.07, 6.45) is 0. The molecule has 0 fully saturated rings. The Morgan fingerprint density at radius 3 is 1.87 bits per heavy atom. The van der Waals surface area contributed by atoms with Crippen LogP contribution in [-0.4, -0.2) is 51.6 Å². The molecule has 0 saturated heterocycles. The molecule has 0 aliphatic carbocycles. The van der Waals surface area contributed by atoms with Crippen LogP contribution >= 0.6 is 0 Å². The third-order valence-corrected chi connectivity index (χ3v) is 6.61. The second-order valence-corrected chi connectivity index (χ2v) is 8.95. The van der Waals surface area contributed by atoms with Crippen molar-refractivity contribution in [1.29, 1.82) is 0 Å². The van der Waals surface area contributed by atoms with Crippen molar-refractivity contribution in [3.8, 4) is 17.2 Å². The Balaban J connectivity index is 1.66. The molecule has 0 spiro atoms. The number of aliphatic hydroxyl groups is 1. The Kier molecular flexibility index (Phi) is 9.07. The Morgan fingerprint density at radius 2 is 1.32 bits per heavy atom. The van der Waals surface area contributed by atoms with Crippen LogP contribution in [0.15, 0.2) is 89.3 Å². The van der Waals surface area contributed by atoms with Gasteiger partial charge < -0.3 is 28.5 Å². The van der Waals surface area contributed by atoms with Gasteiger partial charge in [-0.1, -0.05) is 42.5 Å². The van der Waals surface area contributed by atoms with E-state index < -0.39 is 5.60 Å². The number of ether oxygens (including phenoxy) is 4. The minimum absolute atomic E-state index is 0.423. The first-order valence-electron chi connectivity index (χ1n) is 12.5. The molecule has 0 bridgehead atoms. The SMILES string of the molecule is COCCN(Cc1ccc(C(O)(c2ccc(OC)cc2)c2ccc(OC)cc2)o1)Cc1ccccc1OC. The van der Waals surface area contributed by atoms with Crippen LogP contribution in [0.2, 0.25) is 0 Å². The topological polar surface area (TPSA) is 73.5 Å². The summed E-state index contributed by atoms with van der Waals surface area (Å²) in [7, 11) is 6.60. The van der Waals surface area contributed by atoms with E-state index in [1.807, 2.05) is 78.9 Å². The Hall–Kier alpha value is -3.78. The van der Waals surface area contributed by atoms with Gasteiger partial charge in [-0.3, -0.25) is 4.90 Å². The fraction of sp³-hybridized carbons (Fsp3) is 0.290. The number of nitrogens with zero attached hydrogens (tertiary/aromatic N) is 1. The second-order valence-electron chi connectivity index (χ2n) is 8.95. The molecule has 0 atom stereocenters. The van der Waals surface area contributed by atoms with E-state index in [0.29, 0.717) is 54.6 Å². The molecule has 0 aliphatic rings. The molecule has 0 unspecified atom stereocenters. The van der Waals surface area contributed by atoms with Gasteiger partial charge in [-0.2, -0.15) is 0 Å². The average molecular weight is 518 g/mol. The van der Waals surface area contributed by atoms with Crippen molar-refractivity contribution in [1.82, 2.24) is 4.90 Å². The van der Waals surface area contributed by atoms with Crippen molar-refractivity contribution in [2.45, 2.75) is 18.7 Å². The van der Waals surface area contributed by atoms with E-state index in [4.69, 9.17) is 23.4 Å². The van der Waals surface area contributed by atoms with Crippen LogP contribution in [0.25, 0.3) is 0 Å². The fourth-order valence-electron chi connectivity index (χ4n) is 4.50. The van der Waals surface area contributed by atoms with Crippen molar-refractivity contribution < 1.29 is 28.5 Å². The second kappa shape index (κ2) is 12.6. The fourth-order valence-corrected chi connectivity index (χ4v) is 4.50. The molecule has 1 aromatic heterocycles. The van der Waals surface area contributed by atoms with Gasteiger partial charge in [-0.05, 0) is 53.6 Å². The number of hydrogen-bond acceptors (Lipinski definition) is 7. The Morgan fingerprint density at radius 1 is 0.711 bits per heavy atom. The standard InChI is InChI=1S/C31H35NO6/c1-34-20-19-32(21-23-7-5-6-8-29(23)37-4)22-28-17-18-30(38-28)31(33,24-9-13-26(35-2)14-10-24)25-11-15-27(36-3)16-12-25/h5-18,33H,19-22H2,1-4H3. The van der Waals surface area contributed by atoms with Gasteiger partial charge >= 0.3 is 0 Å². The highest BCUT2D eigenvalue weighted by Crippen LogP contribution is 2.39. The summed E-state index contributed by atoms with van der Waals surface area (Å²) in [6, 6.07) is 26.4. The van der Waals surface area contributed by atoms with Crippen molar-refractivity contribution >= 4 is 0 Å². The van der Waals surface area contributed by atoms with Gasteiger partial charge in [-0.15, -0.1) is 0 Å². The number of benzene rings is 3. The van der Waals surface area contributed by atoms with Crippen LogP contribution in [-0.2, 0) is 23.4 Å². The van der Waals surface area contributed by atoms with E-state index in [2.05, 4.69) is 11.0 Å². The maximum absolute atomic E-state index is 12.2. The summed E-state index contributed by atoms with van der Waals surface area (Å²) >= 11 is 0. The molecule has 0 saturated carbocycles. The highest BCUT2D eigenvalue weighted by Gasteiger charge is 2.37. The molecule has 38 heavy (non-hydrogen) atoms. The van der Waals surface area contributed by atoms with Crippen molar-refractivity contribution in [3.63, 3.8) is 0 Å². The summed E-state index contributed by atoms with van der Waals surface area (Å²) in [5, 5.41) is 12.2. The number of hydrogen-bond donors (Lipinski definition) is 1. The minimum Gasteiger partial charge on any atom is -0.497 e. The highest BCUT2D eigenvalue weighted by atomic mass is 16.5. The molecule has 7 heteroatoms. The maximum Gasteiger partial charge on any atom is 0.173 e. The summed E-state index contributed by atoms with van der Waals surface area (Å²) in [6.45, 7) is 2.46. The predicted octanol–water partition coefficient (Wildman–Crippen LogP) is 5.24. The third kappa shape index (κ3) is 6.02. The van der Waals surface area contributed by atoms with Crippen LogP contribution in [0.3, 0.4) is 0 Å². The van der Waals surface area contributed by atoms with E-state index in [9.17, 15) is 5.11 Å². The maximum atomic E-state index is 12.2. The summed E-state index contributed by atoms with van der Waals surface area (Å²) < 4.78 is 27.9.